The third-order valence-electron chi connectivity index (χ3n) is 3.83. The molecule has 0 aliphatic heterocycles. The van der Waals surface area contributed by atoms with E-state index in [2.05, 4.69) is 15.4 Å². The van der Waals surface area contributed by atoms with E-state index in [0.29, 0.717) is 22.9 Å². The highest BCUT2D eigenvalue weighted by atomic mass is 16.5. The molecule has 1 aromatic heterocycles. The average Bonchev–Trinajstić information content (AvgIpc) is 3.09. The van der Waals surface area contributed by atoms with E-state index in [1.54, 1.807) is 25.3 Å². The van der Waals surface area contributed by atoms with Gasteiger partial charge in [0, 0.05) is 11.1 Å². The summed E-state index contributed by atoms with van der Waals surface area (Å²) in [6, 6.07) is 12.8. The summed E-state index contributed by atoms with van der Waals surface area (Å²) in [7, 11) is 3.07. The van der Waals surface area contributed by atoms with Gasteiger partial charge in [0.2, 0.25) is 5.82 Å². The topological polar surface area (TPSA) is 79.1 Å². The summed E-state index contributed by atoms with van der Waals surface area (Å²) in [6.07, 6.45) is 0. The van der Waals surface area contributed by atoms with Crippen molar-refractivity contribution in [2.75, 3.05) is 14.2 Å². The molecule has 0 fully saturated rings. The van der Waals surface area contributed by atoms with Crippen LogP contribution in [-0.2, 0) is 6.54 Å². The Balaban J connectivity index is 1.79. The van der Waals surface area contributed by atoms with Gasteiger partial charge in [-0.2, -0.15) is 4.80 Å². The Hall–Kier alpha value is -3.22. The van der Waals surface area contributed by atoms with Gasteiger partial charge in [-0.15, -0.1) is 10.2 Å². The van der Waals surface area contributed by atoms with Crippen LogP contribution in [0, 0.1) is 6.92 Å². The summed E-state index contributed by atoms with van der Waals surface area (Å²) in [4.78, 5) is 13.8. The number of aromatic nitrogens is 4. The molecule has 0 saturated heterocycles. The van der Waals surface area contributed by atoms with Crippen LogP contribution in [0.5, 0.6) is 11.5 Å². The van der Waals surface area contributed by atoms with E-state index in [-0.39, 0.29) is 12.3 Å². The van der Waals surface area contributed by atoms with Crippen molar-refractivity contribution in [2.24, 2.45) is 0 Å². The number of tetrazole rings is 1. The number of Topliss-reactive ketones (excluding diaryl/α,β-unsaturated/α-hetero) is 1. The van der Waals surface area contributed by atoms with E-state index in [1.807, 2.05) is 31.2 Å². The van der Waals surface area contributed by atoms with E-state index in [0.717, 1.165) is 11.1 Å². The van der Waals surface area contributed by atoms with Crippen molar-refractivity contribution in [1.82, 2.24) is 20.2 Å². The first-order chi connectivity index (χ1) is 12.1. The normalized spacial score (nSPS) is 10.5. The molecule has 0 radical (unpaired) electrons. The lowest BCUT2D eigenvalue weighted by atomic mass is 10.1. The molecule has 128 valence electrons. The molecule has 25 heavy (non-hydrogen) atoms. The van der Waals surface area contributed by atoms with Gasteiger partial charge in [-0.3, -0.25) is 4.79 Å². The maximum Gasteiger partial charge on any atom is 0.205 e. The quantitative estimate of drug-likeness (QED) is 0.643. The number of ether oxygens (including phenoxy) is 2. The molecule has 0 saturated carbocycles. The highest BCUT2D eigenvalue weighted by Crippen LogP contribution is 2.27. The highest BCUT2D eigenvalue weighted by molar-refractivity contribution is 5.96. The van der Waals surface area contributed by atoms with Gasteiger partial charge < -0.3 is 9.47 Å². The molecule has 7 nitrogen and oxygen atoms in total. The standard InChI is InChI=1S/C18H18N4O3/c1-12-6-4-5-7-14(12)18-19-21-22(20-18)11-15(23)13-8-9-16(24-2)17(10-13)25-3/h4-10H,11H2,1-3H3. The number of methoxy groups -OCH3 is 2. The fraction of sp³-hybridized carbons (Fsp3) is 0.222. The molecule has 3 rings (SSSR count). The summed E-state index contributed by atoms with van der Waals surface area (Å²) < 4.78 is 10.4. The second kappa shape index (κ2) is 7.12. The molecule has 0 N–H and O–H groups in total. The number of hydrogen-bond donors (Lipinski definition) is 0. The van der Waals surface area contributed by atoms with Gasteiger partial charge in [-0.1, -0.05) is 24.3 Å². The fourth-order valence-electron chi connectivity index (χ4n) is 2.47. The molecule has 1 heterocycles. The van der Waals surface area contributed by atoms with Crippen molar-refractivity contribution in [3.8, 4) is 22.9 Å². The first kappa shape index (κ1) is 16.6. The molecule has 0 atom stereocenters. The van der Waals surface area contributed by atoms with E-state index in [9.17, 15) is 4.79 Å². The Morgan fingerprint density at radius 2 is 1.84 bits per heavy atom. The Labute approximate surface area is 145 Å². The van der Waals surface area contributed by atoms with Crippen LogP contribution in [0.15, 0.2) is 42.5 Å². The van der Waals surface area contributed by atoms with Crippen LogP contribution in [0.4, 0.5) is 0 Å². The van der Waals surface area contributed by atoms with E-state index < -0.39 is 0 Å². The van der Waals surface area contributed by atoms with Crippen LogP contribution in [0.25, 0.3) is 11.4 Å². The van der Waals surface area contributed by atoms with Crippen LogP contribution >= 0.6 is 0 Å². The van der Waals surface area contributed by atoms with E-state index in [1.165, 1.54) is 11.9 Å². The second-order valence-corrected chi connectivity index (χ2v) is 5.45. The zero-order valence-electron chi connectivity index (χ0n) is 14.3. The minimum Gasteiger partial charge on any atom is -0.493 e. The molecule has 0 unspecified atom stereocenters. The number of nitrogens with zero attached hydrogens (tertiary/aromatic N) is 4. The Morgan fingerprint density at radius 3 is 2.56 bits per heavy atom. The number of hydrogen-bond acceptors (Lipinski definition) is 6. The van der Waals surface area contributed by atoms with Crippen molar-refractivity contribution < 1.29 is 14.3 Å². The minimum atomic E-state index is -0.144. The number of benzene rings is 2. The average molecular weight is 338 g/mol. The second-order valence-electron chi connectivity index (χ2n) is 5.45. The van der Waals surface area contributed by atoms with Crippen LogP contribution in [0.2, 0.25) is 0 Å². The first-order valence-electron chi connectivity index (χ1n) is 7.71. The van der Waals surface area contributed by atoms with E-state index >= 15 is 0 Å². The third kappa shape index (κ3) is 3.50. The number of carbonyl (C=O) groups is 1. The number of ketones is 1. The maximum absolute atomic E-state index is 12.5. The molecule has 2 aromatic carbocycles. The van der Waals surface area contributed by atoms with Crippen molar-refractivity contribution >= 4 is 5.78 Å². The number of carbonyl (C=O) groups excluding carboxylic acids is 1. The van der Waals surface area contributed by atoms with Gasteiger partial charge in [0.25, 0.3) is 0 Å². The maximum atomic E-state index is 12.5. The van der Waals surface area contributed by atoms with Crippen molar-refractivity contribution in [3.05, 3.63) is 53.6 Å². The van der Waals surface area contributed by atoms with Gasteiger partial charge in [-0.05, 0) is 35.9 Å². The molecule has 3 aromatic rings. The zero-order valence-corrected chi connectivity index (χ0v) is 14.3. The van der Waals surface area contributed by atoms with Gasteiger partial charge in [0.05, 0.1) is 14.2 Å². The van der Waals surface area contributed by atoms with Crippen molar-refractivity contribution in [1.29, 1.82) is 0 Å². The molecule has 0 aliphatic carbocycles. The SMILES string of the molecule is COc1ccc(C(=O)Cn2nnc(-c3ccccc3C)n2)cc1OC. The van der Waals surface area contributed by atoms with Crippen LogP contribution in [-0.4, -0.2) is 40.2 Å². The van der Waals surface area contributed by atoms with E-state index in [4.69, 9.17) is 9.47 Å². The largest absolute Gasteiger partial charge is 0.493 e. The summed E-state index contributed by atoms with van der Waals surface area (Å²) in [6.45, 7) is 1.97. The number of aryl methyl sites for hydroxylation is 1. The Kier molecular flexibility index (Phi) is 4.74. The lowest BCUT2D eigenvalue weighted by Crippen LogP contribution is -2.13. The predicted molar refractivity (Wildman–Crippen MR) is 91.9 cm³/mol. The predicted octanol–water partition coefficient (Wildman–Crippen LogP) is 2.55. The van der Waals surface area contributed by atoms with Crippen molar-refractivity contribution in [3.63, 3.8) is 0 Å². The fourth-order valence-corrected chi connectivity index (χ4v) is 2.47. The lowest BCUT2D eigenvalue weighted by Gasteiger charge is -2.08. The molecule has 0 amide bonds. The molecular weight excluding hydrogens is 320 g/mol. The summed E-state index contributed by atoms with van der Waals surface area (Å²) >= 11 is 0. The molecule has 0 spiro atoms. The van der Waals surface area contributed by atoms with Gasteiger partial charge in [0.1, 0.15) is 6.54 Å². The Morgan fingerprint density at radius 1 is 1.08 bits per heavy atom. The molecule has 0 aliphatic rings. The smallest absolute Gasteiger partial charge is 0.205 e. The number of rotatable bonds is 6. The highest BCUT2D eigenvalue weighted by Gasteiger charge is 2.14. The molecule has 7 heteroatoms. The Bertz CT molecular complexity index is 905. The van der Waals surface area contributed by atoms with Crippen LogP contribution in [0.1, 0.15) is 15.9 Å². The van der Waals surface area contributed by atoms with Gasteiger partial charge >= 0.3 is 0 Å². The third-order valence-corrected chi connectivity index (χ3v) is 3.83. The first-order valence-corrected chi connectivity index (χ1v) is 7.71. The monoisotopic (exact) mass is 338 g/mol. The molecule has 0 bridgehead atoms. The van der Waals surface area contributed by atoms with Gasteiger partial charge in [0.15, 0.2) is 17.3 Å². The zero-order chi connectivity index (χ0) is 17.8. The van der Waals surface area contributed by atoms with Crippen molar-refractivity contribution in [2.45, 2.75) is 13.5 Å². The summed E-state index contributed by atoms with van der Waals surface area (Å²) in [5.41, 5.74) is 2.44. The minimum absolute atomic E-state index is 0.00559. The van der Waals surface area contributed by atoms with Crippen LogP contribution < -0.4 is 9.47 Å². The summed E-state index contributed by atoms with van der Waals surface area (Å²) in [5.74, 6) is 1.42. The molecular formula is C18H18N4O3. The lowest BCUT2D eigenvalue weighted by molar-refractivity contribution is 0.0961. The van der Waals surface area contributed by atoms with Gasteiger partial charge in [-0.25, -0.2) is 0 Å². The summed E-state index contributed by atoms with van der Waals surface area (Å²) in [5, 5.41) is 12.3. The van der Waals surface area contributed by atoms with Crippen LogP contribution in [0.3, 0.4) is 0 Å².